The topological polar surface area (TPSA) is 77.6 Å². The minimum Gasteiger partial charge on any atom is -0.484 e. The zero-order chi connectivity index (χ0) is 19.5. The van der Waals surface area contributed by atoms with Crippen molar-refractivity contribution in [3.05, 3.63) is 94.3 Å². The Labute approximate surface area is 161 Å². The van der Waals surface area contributed by atoms with Gasteiger partial charge >= 0.3 is 0 Å². The number of non-ortho nitro benzene ring substituents is 1. The number of hydrogen-bond acceptors (Lipinski definition) is 4. The molecule has 142 valence electrons. The summed E-state index contributed by atoms with van der Waals surface area (Å²) in [7, 11) is 0. The van der Waals surface area contributed by atoms with E-state index in [1.165, 1.54) is 24.3 Å². The number of carbonyl (C=O) groups excluding carboxylic acids is 1. The highest BCUT2D eigenvalue weighted by atomic mass is 16.6. The van der Waals surface area contributed by atoms with Crippen LogP contribution in [0.3, 0.4) is 0 Å². The monoisotopic (exact) mass is 377 g/mol. The third kappa shape index (κ3) is 3.46. The van der Waals surface area contributed by atoms with Crippen molar-refractivity contribution in [3.8, 4) is 5.75 Å². The molecule has 1 aliphatic rings. The predicted octanol–water partition coefficient (Wildman–Crippen LogP) is 3.41. The van der Waals surface area contributed by atoms with Crippen LogP contribution in [0.25, 0.3) is 0 Å². The normalized spacial score (nSPS) is 15.7. The maximum absolute atomic E-state index is 12.9. The number of nitro groups is 1. The Morgan fingerprint density at radius 2 is 1.79 bits per heavy atom. The molecule has 3 aromatic rings. The van der Waals surface area contributed by atoms with Gasteiger partial charge in [-0.15, -0.1) is 0 Å². The number of ether oxygens (including phenoxy) is 1. The maximum atomic E-state index is 12.9. The Hall–Kier alpha value is -3.61. The van der Waals surface area contributed by atoms with Crippen molar-refractivity contribution >= 4 is 11.6 Å². The lowest BCUT2D eigenvalue weighted by molar-refractivity contribution is -0.384. The van der Waals surface area contributed by atoms with Gasteiger partial charge in [-0.05, 0) is 29.8 Å². The smallest absolute Gasteiger partial charge is 0.269 e. The molecular formula is C21H19N3O4. The van der Waals surface area contributed by atoms with E-state index in [1.54, 1.807) is 0 Å². The van der Waals surface area contributed by atoms with Gasteiger partial charge in [-0.1, -0.05) is 30.3 Å². The first-order chi connectivity index (χ1) is 13.6. The van der Waals surface area contributed by atoms with E-state index in [-0.39, 0.29) is 24.2 Å². The highest BCUT2D eigenvalue weighted by molar-refractivity contribution is 5.79. The molecule has 28 heavy (non-hydrogen) atoms. The fraction of sp³-hybridized carbons (Fsp3) is 0.190. The number of rotatable bonds is 5. The van der Waals surface area contributed by atoms with Gasteiger partial charge in [-0.25, -0.2) is 0 Å². The van der Waals surface area contributed by atoms with E-state index in [4.69, 9.17) is 4.74 Å². The van der Waals surface area contributed by atoms with Crippen LogP contribution in [-0.4, -0.2) is 33.4 Å². The first-order valence-corrected chi connectivity index (χ1v) is 9.00. The average Bonchev–Trinajstić information content (AvgIpc) is 3.21. The van der Waals surface area contributed by atoms with E-state index in [1.807, 2.05) is 53.6 Å². The second kappa shape index (κ2) is 7.56. The summed E-state index contributed by atoms with van der Waals surface area (Å²) < 4.78 is 7.75. The molecule has 7 nitrogen and oxygen atoms in total. The van der Waals surface area contributed by atoms with Gasteiger partial charge in [0.25, 0.3) is 11.6 Å². The van der Waals surface area contributed by atoms with Crippen LogP contribution in [-0.2, 0) is 11.3 Å². The number of benzene rings is 2. The van der Waals surface area contributed by atoms with Gasteiger partial charge in [-0.2, -0.15) is 0 Å². The van der Waals surface area contributed by atoms with E-state index in [9.17, 15) is 14.9 Å². The van der Waals surface area contributed by atoms with Crippen molar-refractivity contribution in [2.24, 2.45) is 0 Å². The lowest BCUT2D eigenvalue weighted by Gasteiger charge is -2.37. The Morgan fingerprint density at radius 1 is 1.04 bits per heavy atom. The van der Waals surface area contributed by atoms with E-state index >= 15 is 0 Å². The summed E-state index contributed by atoms with van der Waals surface area (Å²) in [5.41, 5.74) is 2.10. The third-order valence-corrected chi connectivity index (χ3v) is 4.88. The molecule has 0 saturated heterocycles. The minimum atomic E-state index is -0.470. The number of hydrogen-bond donors (Lipinski definition) is 0. The number of aromatic nitrogens is 1. The Kier molecular flexibility index (Phi) is 4.80. The molecule has 0 aliphatic carbocycles. The maximum Gasteiger partial charge on any atom is 0.269 e. The van der Waals surface area contributed by atoms with Crippen molar-refractivity contribution in [2.75, 3.05) is 13.2 Å². The number of carbonyl (C=O) groups is 1. The summed E-state index contributed by atoms with van der Waals surface area (Å²) in [6.45, 7) is 1.19. The van der Waals surface area contributed by atoms with Crippen molar-refractivity contribution in [2.45, 2.75) is 12.6 Å². The number of nitro benzene ring substituents is 1. The number of amides is 1. The molecule has 1 unspecified atom stereocenters. The predicted molar refractivity (Wildman–Crippen MR) is 103 cm³/mol. The summed E-state index contributed by atoms with van der Waals surface area (Å²) in [5.74, 6) is 0.301. The fourth-order valence-corrected chi connectivity index (χ4v) is 3.53. The van der Waals surface area contributed by atoms with Gasteiger partial charge in [0.2, 0.25) is 0 Å². The molecule has 0 N–H and O–H groups in total. The number of nitrogens with zero attached hydrogens (tertiary/aromatic N) is 3. The molecular weight excluding hydrogens is 358 g/mol. The summed E-state index contributed by atoms with van der Waals surface area (Å²) in [6.07, 6.45) is 2.03. The summed E-state index contributed by atoms with van der Waals surface area (Å²) >= 11 is 0. The molecule has 0 spiro atoms. The average molecular weight is 377 g/mol. The molecule has 7 heteroatoms. The zero-order valence-electron chi connectivity index (χ0n) is 15.1. The molecule has 0 saturated carbocycles. The van der Waals surface area contributed by atoms with Crippen LogP contribution in [0.4, 0.5) is 5.69 Å². The fourth-order valence-electron chi connectivity index (χ4n) is 3.53. The minimum absolute atomic E-state index is 0.0142. The molecule has 4 rings (SSSR count). The Balaban J connectivity index is 1.52. The van der Waals surface area contributed by atoms with Crippen LogP contribution in [0, 0.1) is 10.1 Å². The van der Waals surface area contributed by atoms with E-state index in [0.29, 0.717) is 12.3 Å². The molecule has 1 aliphatic heterocycles. The molecule has 2 heterocycles. The highest BCUT2D eigenvalue weighted by Crippen LogP contribution is 2.32. The Bertz CT molecular complexity index is 982. The van der Waals surface area contributed by atoms with Crippen LogP contribution < -0.4 is 4.74 Å². The molecule has 0 bridgehead atoms. The van der Waals surface area contributed by atoms with Crippen molar-refractivity contribution in [1.29, 1.82) is 0 Å². The second-order valence-electron chi connectivity index (χ2n) is 6.57. The summed E-state index contributed by atoms with van der Waals surface area (Å²) in [6, 6.07) is 19.5. The second-order valence-corrected chi connectivity index (χ2v) is 6.57. The summed E-state index contributed by atoms with van der Waals surface area (Å²) in [5, 5.41) is 10.7. The first kappa shape index (κ1) is 17.8. The van der Waals surface area contributed by atoms with Gasteiger partial charge in [-0.3, -0.25) is 14.9 Å². The van der Waals surface area contributed by atoms with E-state index in [0.717, 1.165) is 17.8 Å². The highest BCUT2D eigenvalue weighted by Gasteiger charge is 2.32. The molecule has 1 aromatic heterocycles. The van der Waals surface area contributed by atoms with Gasteiger partial charge in [0.1, 0.15) is 5.75 Å². The summed E-state index contributed by atoms with van der Waals surface area (Å²) in [4.78, 5) is 25.0. The first-order valence-electron chi connectivity index (χ1n) is 9.00. The lowest BCUT2D eigenvalue weighted by Crippen LogP contribution is -2.44. The molecule has 1 atom stereocenters. The van der Waals surface area contributed by atoms with Crippen LogP contribution in [0.1, 0.15) is 17.3 Å². The van der Waals surface area contributed by atoms with Crippen LogP contribution >= 0.6 is 0 Å². The zero-order valence-corrected chi connectivity index (χ0v) is 15.1. The Morgan fingerprint density at radius 3 is 2.50 bits per heavy atom. The van der Waals surface area contributed by atoms with Crippen LogP contribution in [0.5, 0.6) is 5.75 Å². The van der Waals surface area contributed by atoms with Gasteiger partial charge in [0.15, 0.2) is 6.61 Å². The quantitative estimate of drug-likeness (QED) is 0.504. The van der Waals surface area contributed by atoms with Gasteiger partial charge in [0.05, 0.1) is 11.0 Å². The number of fused-ring (bicyclic) bond motifs is 1. The van der Waals surface area contributed by atoms with Crippen molar-refractivity contribution in [3.63, 3.8) is 0 Å². The molecule has 0 radical (unpaired) electrons. The van der Waals surface area contributed by atoms with Crippen molar-refractivity contribution < 1.29 is 14.5 Å². The standard InChI is InChI=1S/C21H19N3O4/c25-20(15-28-18-10-8-17(9-11-18)24(26)27)23-14-13-22-12-4-7-19(22)21(23)16-5-2-1-3-6-16/h1-12,21H,13-15H2. The largest absolute Gasteiger partial charge is 0.484 e. The SMILES string of the molecule is O=C(COc1ccc([N+](=O)[O-])cc1)N1CCn2cccc2C1c1ccccc1. The van der Waals surface area contributed by atoms with Crippen molar-refractivity contribution in [1.82, 2.24) is 9.47 Å². The van der Waals surface area contributed by atoms with Crippen LogP contribution in [0.15, 0.2) is 72.9 Å². The van der Waals surface area contributed by atoms with Gasteiger partial charge in [0, 0.05) is 37.1 Å². The van der Waals surface area contributed by atoms with E-state index < -0.39 is 4.92 Å². The van der Waals surface area contributed by atoms with E-state index in [2.05, 4.69) is 4.57 Å². The molecule has 0 fully saturated rings. The molecule has 2 aromatic carbocycles. The third-order valence-electron chi connectivity index (χ3n) is 4.88. The van der Waals surface area contributed by atoms with Crippen LogP contribution in [0.2, 0.25) is 0 Å². The lowest BCUT2D eigenvalue weighted by atomic mass is 10.00. The molecule has 1 amide bonds. The van der Waals surface area contributed by atoms with Gasteiger partial charge < -0.3 is 14.2 Å².